The Kier molecular flexibility index (Phi) is 3.57. The number of hydrogen-bond donors (Lipinski definition) is 1. The fraction of sp³-hybridized carbons (Fsp3) is 0.643. The van der Waals surface area contributed by atoms with Gasteiger partial charge in [0.05, 0.1) is 6.26 Å². The number of carbonyl (C=O) groups is 1. The Bertz CT molecular complexity index is 457. The Labute approximate surface area is 112 Å². The van der Waals surface area contributed by atoms with E-state index in [1.165, 1.54) is 32.1 Å². The Morgan fingerprint density at radius 1 is 1.37 bits per heavy atom. The maximum Gasteiger partial charge on any atom is 0.372 e. The van der Waals surface area contributed by atoms with Gasteiger partial charge in [0.25, 0.3) is 0 Å². The largest absolute Gasteiger partial charge is 0.475 e. The minimum absolute atomic E-state index is 0.0890. The highest BCUT2D eigenvalue weighted by Crippen LogP contribution is 2.23. The third-order valence-corrected chi connectivity index (χ3v) is 4.26. The predicted molar refractivity (Wildman–Crippen MR) is 70.2 cm³/mol. The highest BCUT2D eigenvalue weighted by atomic mass is 16.4. The first-order chi connectivity index (χ1) is 9.24. The van der Waals surface area contributed by atoms with E-state index in [1.807, 2.05) is 0 Å². The summed E-state index contributed by atoms with van der Waals surface area (Å²) in [4.78, 5) is 16.0. The summed E-state index contributed by atoms with van der Waals surface area (Å²) in [7, 11) is 0. The standard InChI is InChI=1S/C14H20N2O3/c17-14(18)13-11(4-8-19-13)9-15-6-7-16-5-2-1-3-12(16)10-15/h4,8,12H,1-3,5-7,9-10H2,(H,17,18). The summed E-state index contributed by atoms with van der Waals surface area (Å²) in [6, 6.07) is 2.43. The second-order valence-corrected chi connectivity index (χ2v) is 5.50. The van der Waals surface area contributed by atoms with Crippen molar-refractivity contribution in [3.05, 3.63) is 23.7 Å². The average molecular weight is 264 g/mol. The SMILES string of the molecule is O=C(O)c1occc1CN1CCN2CCCCC2C1. The first-order valence-corrected chi connectivity index (χ1v) is 7.00. The van der Waals surface area contributed by atoms with Crippen LogP contribution in [-0.2, 0) is 6.54 Å². The summed E-state index contributed by atoms with van der Waals surface area (Å²) in [6.45, 7) is 5.07. The normalized spacial score (nSPS) is 25.2. The second kappa shape index (κ2) is 5.35. The van der Waals surface area contributed by atoms with Crippen LogP contribution in [0.25, 0.3) is 0 Å². The van der Waals surface area contributed by atoms with Gasteiger partial charge in [-0.05, 0) is 25.5 Å². The summed E-state index contributed by atoms with van der Waals surface area (Å²) < 4.78 is 5.04. The van der Waals surface area contributed by atoms with Crippen LogP contribution in [0.3, 0.4) is 0 Å². The summed E-state index contributed by atoms with van der Waals surface area (Å²) >= 11 is 0. The molecule has 1 aromatic heterocycles. The Morgan fingerprint density at radius 2 is 2.26 bits per heavy atom. The zero-order valence-electron chi connectivity index (χ0n) is 11.0. The molecule has 2 aliphatic rings. The quantitative estimate of drug-likeness (QED) is 0.899. The van der Waals surface area contributed by atoms with Gasteiger partial charge in [-0.15, -0.1) is 0 Å². The number of piperidine rings is 1. The highest BCUT2D eigenvalue weighted by Gasteiger charge is 2.29. The van der Waals surface area contributed by atoms with Crippen molar-refractivity contribution < 1.29 is 14.3 Å². The minimum atomic E-state index is -0.976. The van der Waals surface area contributed by atoms with Gasteiger partial charge in [0.1, 0.15) is 0 Å². The van der Waals surface area contributed by atoms with Gasteiger partial charge in [-0.25, -0.2) is 4.79 Å². The van der Waals surface area contributed by atoms with Crippen molar-refractivity contribution in [2.24, 2.45) is 0 Å². The van der Waals surface area contributed by atoms with Crippen molar-refractivity contribution in [2.45, 2.75) is 31.8 Å². The van der Waals surface area contributed by atoms with E-state index < -0.39 is 5.97 Å². The zero-order chi connectivity index (χ0) is 13.2. The van der Waals surface area contributed by atoms with Crippen molar-refractivity contribution in [1.29, 1.82) is 0 Å². The average Bonchev–Trinajstić information content (AvgIpc) is 2.87. The van der Waals surface area contributed by atoms with Gasteiger partial charge < -0.3 is 9.52 Å². The summed E-state index contributed by atoms with van der Waals surface area (Å²) in [5.41, 5.74) is 0.789. The van der Waals surface area contributed by atoms with Crippen LogP contribution in [0.2, 0.25) is 0 Å². The van der Waals surface area contributed by atoms with Crippen molar-refractivity contribution >= 4 is 5.97 Å². The molecule has 3 heterocycles. The number of piperazine rings is 1. The van der Waals surface area contributed by atoms with Crippen LogP contribution in [0.5, 0.6) is 0 Å². The predicted octanol–water partition coefficient (Wildman–Crippen LogP) is 1.65. The molecule has 0 aromatic carbocycles. The second-order valence-electron chi connectivity index (χ2n) is 5.50. The molecule has 2 aliphatic heterocycles. The molecule has 5 nitrogen and oxygen atoms in total. The number of carboxylic acid groups (broad SMARTS) is 1. The minimum Gasteiger partial charge on any atom is -0.475 e. The number of furan rings is 1. The van der Waals surface area contributed by atoms with Gasteiger partial charge in [0.15, 0.2) is 0 Å². The van der Waals surface area contributed by atoms with E-state index in [4.69, 9.17) is 9.52 Å². The lowest BCUT2D eigenvalue weighted by Gasteiger charge is -2.44. The molecule has 0 radical (unpaired) electrons. The number of fused-ring (bicyclic) bond motifs is 1. The highest BCUT2D eigenvalue weighted by molar-refractivity contribution is 5.86. The van der Waals surface area contributed by atoms with Crippen molar-refractivity contribution in [1.82, 2.24) is 9.80 Å². The van der Waals surface area contributed by atoms with E-state index >= 15 is 0 Å². The smallest absolute Gasteiger partial charge is 0.372 e. The van der Waals surface area contributed by atoms with Gasteiger partial charge in [-0.1, -0.05) is 6.42 Å². The number of hydrogen-bond acceptors (Lipinski definition) is 4. The maximum atomic E-state index is 11.0. The van der Waals surface area contributed by atoms with Crippen LogP contribution in [0, 0.1) is 0 Å². The fourth-order valence-electron chi connectivity index (χ4n) is 3.25. The molecule has 3 rings (SSSR count). The number of nitrogens with zero attached hydrogens (tertiary/aromatic N) is 2. The first-order valence-electron chi connectivity index (χ1n) is 7.00. The van der Waals surface area contributed by atoms with Crippen LogP contribution >= 0.6 is 0 Å². The monoisotopic (exact) mass is 264 g/mol. The molecule has 19 heavy (non-hydrogen) atoms. The van der Waals surface area contributed by atoms with Gasteiger partial charge in [0.2, 0.25) is 5.76 Å². The lowest BCUT2D eigenvalue weighted by Crippen LogP contribution is -2.54. The van der Waals surface area contributed by atoms with Crippen LogP contribution in [-0.4, -0.2) is 53.1 Å². The van der Waals surface area contributed by atoms with Gasteiger partial charge >= 0.3 is 5.97 Å². The van der Waals surface area contributed by atoms with Crippen molar-refractivity contribution in [3.63, 3.8) is 0 Å². The van der Waals surface area contributed by atoms with E-state index in [0.29, 0.717) is 12.6 Å². The molecule has 0 bridgehead atoms. The Morgan fingerprint density at radius 3 is 3.11 bits per heavy atom. The maximum absolute atomic E-state index is 11.0. The molecular weight excluding hydrogens is 244 g/mol. The lowest BCUT2D eigenvalue weighted by molar-refractivity contribution is 0.0449. The Hall–Kier alpha value is -1.33. The molecule has 2 saturated heterocycles. The van der Waals surface area contributed by atoms with Crippen molar-refractivity contribution in [2.75, 3.05) is 26.2 Å². The molecule has 1 unspecified atom stereocenters. The lowest BCUT2D eigenvalue weighted by atomic mass is 9.99. The Balaban J connectivity index is 1.64. The van der Waals surface area contributed by atoms with E-state index in [9.17, 15) is 4.79 Å². The zero-order valence-corrected chi connectivity index (χ0v) is 11.0. The third kappa shape index (κ3) is 2.67. The van der Waals surface area contributed by atoms with Crippen LogP contribution in [0.4, 0.5) is 0 Å². The fourth-order valence-corrected chi connectivity index (χ4v) is 3.25. The first kappa shape index (κ1) is 12.7. The summed E-state index contributed by atoms with van der Waals surface area (Å²) in [5.74, 6) is -0.887. The molecule has 5 heteroatoms. The molecule has 0 amide bonds. The molecule has 2 fully saturated rings. The topological polar surface area (TPSA) is 56.9 Å². The molecule has 104 valence electrons. The number of carboxylic acids is 1. The van der Waals surface area contributed by atoms with Crippen LogP contribution in [0.1, 0.15) is 35.4 Å². The summed E-state index contributed by atoms with van der Waals surface area (Å²) in [6.07, 6.45) is 5.38. The molecule has 0 spiro atoms. The van der Waals surface area contributed by atoms with Gasteiger partial charge in [-0.2, -0.15) is 0 Å². The van der Waals surface area contributed by atoms with E-state index in [1.54, 1.807) is 6.07 Å². The number of aromatic carboxylic acids is 1. The molecule has 1 aromatic rings. The van der Waals surface area contributed by atoms with Gasteiger partial charge in [0, 0.05) is 37.8 Å². The van der Waals surface area contributed by atoms with Crippen LogP contribution < -0.4 is 0 Å². The van der Waals surface area contributed by atoms with E-state index in [-0.39, 0.29) is 5.76 Å². The van der Waals surface area contributed by atoms with Gasteiger partial charge in [-0.3, -0.25) is 9.80 Å². The number of rotatable bonds is 3. The van der Waals surface area contributed by atoms with Crippen molar-refractivity contribution in [3.8, 4) is 0 Å². The molecule has 1 N–H and O–H groups in total. The van der Waals surface area contributed by atoms with E-state index in [2.05, 4.69) is 9.80 Å². The molecule has 0 aliphatic carbocycles. The van der Waals surface area contributed by atoms with Crippen LogP contribution in [0.15, 0.2) is 16.7 Å². The molecular formula is C14H20N2O3. The molecule has 0 saturated carbocycles. The molecule has 1 atom stereocenters. The summed E-state index contributed by atoms with van der Waals surface area (Å²) in [5, 5.41) is 9.05. The third-order valence-electron chi connectivity index (χ3n) is 4.26. The van der Waals surface area contributed by atoms with E-state index in [0.717, 1.165) is 25.2 Å².